The van der Waals surface area contributed by atoms with Gasteiger partial charge in [-0.15, -0.1) is 11.8 Å². The van der Waals surface area contributed by atoms with Crippen LogP contribution in [0.25, 0.3) is 21.7 Å². The van der Waals surface area contributed by atoms with E-state index in [-0.39, 0.29) is 11.7 Å². The van der Waals surface area contributed by atoms with Gasteiger partial charge in [-0.1, -0.05) is 30.3 Å². The Morgan fingerprint density at radius 2 is 1.81 bits per heavy atom. The van der Waals surface area contributed by atoms with Crippen molar-refractivity contribution in [1.29, 1.82) is 0 Å². The van der Waals surface area contributed by atoms with Gasteiger partial charge in [0.25, 0.3) is 0 Å². The topological polar surface area (TPSA) is 56.5 Å². The molecule has 0 amide bonds. The minimum absolute atomic E-state index is 0.189. The van der Waals surface area contributed by atoms with Gasteiger partial charge in [-0.3, -0.25) is 4.79 Å². The number of fused-ring (bicyclic) bond motifs is 2. The van der Waals surface area contributed by atoms with Crippen LogP contribution in [0.3, 0.4) is 0 Å². The first kappa shape index (κ1) is 17.4. The zero-order chi connectivity index (χ0) is 18.8. The van der Waals surface area contributed by atoms with Gasteiger partial charge in [-0.25, -0.2) is 4.79 Å². The molecule has 0 aliphatic heterocycles. The Kier molecular flexibility index (Phi) is 4.69. The standard InChI is InChI=1S/C22H16O4S/c1-14-10-21(23)26-20-12-17(7-9-19(14)20)25-22(24)13-27-18-8-6-15-4-2-3-5-16(15)11-18/h2-12H,13H2,1H3. The van der Waals surface area contributed by atoms with E-state index in [0.717, 1.165) is 26.6 Å². The molecule has 134 valence electrons. The van der Waals surface area contributed by atoms with Gasteiger partial charge in [-0.2, -0.15) is 0 Å². The van der Waals surface area contributed by atoms with E-state index in [1.165, 1.54) is 17.8 Å². The molecule has 5 heteroatoms. The van der Waals surface area contributed by atoms with Crippen molar-refractivity contribution in [3.8, 4) is 5.75 Å². The van der Waals surface area contributed by atoms with E-state index in [1.807, 2.05) is 37.3 Å². The Hall–Kier alpha value is -3.05. The van der Waals surface area contributed by atoms with Crippen molar-refractivity contribution in [1.82, 2.24) is 0 Å². The van der Waals surface area contributed by atoms with Gasteiger partial charge in [-0.05, 0) is 47.5 Å². The molecule has 0 spiro atoms. The second-order valence-corrected chi connectivity index (χ2v) is 7.23. The van der Waals surface area contributed by atoms with Crippen molar-refractivity contribution in [3.05, 3.63) is 82.7 Å². The molecule has 0 bridgehead atoms. The number of hydrogen-bond donors (Lipinski definition) is 0. The Morgan fingerprint density at radius 1 is 1.00 bits per heavy atom. The van der Waals surface area contributed by atoms with Crippen LogP contribution in [0.1, 0.15) is 5.56 Å². The van der Waals surface area contributed by atoms with Gasteiger partial charge >= 0.3 is 11.6 Å². The summed E-state index contributed by atoms with van der Waals surface area (Å²) in [5, 5.41) is 3.12. The average molecular weight is 376 g/mol. The molecule has 0 fully saturated rings. The number of rotatable bonds is 4. The normalized spacial score (nSPS) is 11.0. The lowest BCUT2D eigenvalue weighted by Gasteiger charge is -2.07. The molecule has 27 heavy (non-hydrogen) atoms. The Morgan fingerprint density at radius 3 is 2.67 bits per heavy atom. The highest BCUT2D eigenvalue weighted by Crippen LogP contribution is 2.25. The lowest BCUT2D eigenvalue weighted by Crippen LogP contribution is -2.10. The molecule has 0 atom stereocenters. The van der Waals surface area contributed by atoms with Gasteiger partial charge in [0, 0.05) is 22.4 Å². The van der Waals surface area contributed by atoms with Crippen LogP contribution in [0.2, 0.25) is 0 Å². The minimum Gasteiger partial charge on any atom is -0.426 e. The molecule has 0 saturated carbocycles. The number of esters is 1. The van der Waals surface area contributed by atoms with Gasteiger partial charge in [0.1, 0.15) is 11.3 Å². The first-order valence-electron chi connectivity index (χ1n) is 8.45. The molecule has 0 aliphatic rings. The Balaban J connectivity index is 1.45. The predicted molar refractivity (Wildman–Crippen MR) is 108 cm³/mol. The molecule has 0 radical (unpaired) electrons. The molecule has 0 N–H and O–H groups in total. The van der Waals surface area contributed by atoms with Crippen molar-refractivity contribution < 1.29 is 13.9 Å². The summed E-state index contributed by atoms with van der Waals surface area (Å²) in [7, 11) is 0. The molecule has 0 aliphatic carbocycles. The van der Waals surface area contributed by atoms with Crippen LogP contribution in [0.4, 0.5) is 0 Å². The van der Waals surface area contributed by atoms with E-state index in [2.05, 4.69) is 12.1 Å². The van der Waals surface area contributed by atoms with Crippen molar-refractivity contribution in [2.24, 2.45) is 0 Å². The number of benzene rings is 3. The van der Waals surface area contributed by atoms with Crippen LogP contribution < -0.4 is 10.4 Å². The summed E-state index contributed by atoms with van der Waals surface area (Å²) in [5.41, 5.74) is 0.814. The van der Waals surface area contributed by atoms with E-state index in [9.17, 15) is 9.59 Å². The van der Waals surface area contributed by atoms with E-state index < -0.39 is 5.63 Å². The van der Waals surface area contributed by atoms with Crippen LogP contribution in [0, 0.1) is 6.92 Å². The number of carbonyl (C=O) groups is 1. The maximum Gasteiger partial charge on any atom is 0.336 e. The number of ether oxygens (including phenoxy) is 1. The third kappa shape index (κ3) is 3.88. The minimum atomic E-state index is -0.421. The van der Waals surface area contributed by atoms with E-state index in [4.69, 9.17) is 9.15 Å². The predicted octanol–water partition coefficient (Wildman–Crippen LogP) is 4.95. The molecule has 0 unspecified atom stereocenters. The highest BCUT2D eigenvalue weighted by Gasteiger charge is 2.09. The lowest BCUT2D eigenvalue weighted by molar-refractivity contribution is -0.131. The average Bonchev–Trinajstić information content (AvgIpc) is 2.66. The molecule has 4 nitrogen and oxygen atoms in total. The second-order valence-electron chi connectivity index (χ2n) is 6.18. The maximum absolute atomic E-state index is 12.2. The SMILES string of the molecule is Cc1cc(=O)oc2cc(OC(=O)CSc3ccc4ccccc4c3)ccc12. The van der Waals surface area contributed by atoms with E-state index >= 15 is 0 Å². The first-order chi connectivity index (χ1) is 13.1. The van der Waals surface area contributed by atoms with Gasteiger partial charge in [0.2, 0.25) is 0 Å². The Bertz CT molecular complexity index is 1210. The summed E-state index contributed by atoms with van der Waals surface area (Å²) in [6, 6.07) is 20.7. The highest BCUT2D eigenvalue weighted by molar-refractivity contribution is 8.00. The third-order valence-corrected chi connectivity index (χ3v) is 5.20. The summed E-state index contributed by atoms with van der Waals surface area (Å²) in [4.78, 5) is 24.7. The van der Waals surface area contributed by atoms with Crippen LogP contribution in [-0.2, 0) is 4.79 Å². The van der Waals surface area contributed by atoms with Crippen molar-refractivity contribution in [2.75, 3.05) is 5.75 Å². The summed E-state index contributed by atoms with van der Waals surface area (Å²) in [6.45, 7) is 1.84. The van der Waals surface area contributed by atoms with Crippen LogP contribution in [0.15, 0.2) is 80.8 Å². The molecule has 3 aromatic carbocycles. The van der Waals surface area contributed by atoms with Crippen molar-refractivity contribution in [2.45, 2.75) is 11.8 Å². The maximum atomic E-state index is 12.2. The molecule has 4 aromatic rings. The fourth-order valence-corrected chi connectivity index (χ4v) is 3.65. The zero-order valence-electron chi connectivity index (χ0n) is 14.6. The summed E-state index contributed by atoms with van der Waals surface area (Å²) >= 11 is 1.42. The van der Waals surface area contributed by atoms with Crippen LogP contribution in [-0.4, -0.2) is 11.7 Å². The monoisotopic (exact) mass is 376 g/mol. The van der Waals surface area contributed by atoms with Gasteiger partial charge in [0.15, 0.2) is 0 Å². The fraction of sp³-hybridized carbons (Fsp3) is 0.0909. The third-order valence-electron chi connectivity index (χ3n) is 4.23. The van der Waals surface area contributed by atoms with Gasteiger partial charge < -0.3 is 9.15 Å². The van der Waals surface area contributed by atoms with Crippen molar-refractivity contribution >= 4 is 39.5 Å². The van der Waals surface area contributed by atoms with E-state index in [1.54, 1.807) is 18.2 Å². The molecule has 0 saturated heterocycles. The summed E-state index contributed by atoms with van der Waals surface area (Å²) < 4.78 is 10.6. The number of aryl methyl sites for hydroxylation is 1. The van der Waals surface area contributed by atoms with Crippen LogP contribution >= 0.6 is 11.8 Å². The largest absolute Gasteiger partial charge is 0.426 e. The number of hydrogen-bond acceptors (Lipinski definition) is 5. The fourth-order valence-electron chi connectivity index (χ4n) is 2.93. The molecular weight excluding hydrogens is 360 g/mol. The van der Waals surface area contributed by atoms with Crippen molar-refractivity contribution in [3.63, 3.8) is 0 Å². The molecule has 1 aromatic heterocycles. The summed E-state index contributed by atoms with van der Waals surface area (Å²) in [6.07, 6.45) is 0. The Labute approximate surface area is 159 Å². The van der Waals surface area contributed by atoms with Gasteiger partial charge in [0.05, 0.1) is 5.75 Å². The van der Waals surface area contributed by atoms with E-state index in [0.29, 0.717) is 11.3 Å². The highest BCUT2D eigenvalue weighted by atomic mass is 32.2. The number of carbonyl (C=O) groups excluding carboxylic acids is 1. The molecule has 4 rings (SSSR count). The number of thioether (sulfide) groups is 1. The molecule has 1 heterocycles. The smallest absolute Gasteiger partial charge is 0.336 e. The first-order valence-corrected chi connectivity index (χ1v) is 9.44. The molecular formula is C22H16O4S. The zero-order valence-corrected chi connectivity index (χ0v) is 15.4. The lowest BCUT2D eigenvalue weighted by atomic mass is 10.1. The summed E-state index contributed by atoms with van der Waals surface area (Å²) in [5.74, 6) is 0.191. The quantitative estimate of drug-likeness (QED) is 0.218. The second kappa shape index (κ2) is 7.29. The van der Waals surface area contributed by atoms with Crippen LogP contribution in [0.5, 0.6) is 5.75 Å².